The Kier molecular flexibility index (Phi) is 13.7. The molecule has 1 fully saturated rings. The number of thioether (sulfide) groups is 1. The average molecular weight is 942 g/mol. The Hall–Kier alpha value is -5.13. The van der Waals surface area contributed by atoms with Crippen LogP contribution in [0, 0.1) is 0 Å². The lowest BCUT2D eigenvalue weighted by atomic mass is 9.77. The van der Waals surface area contributed by atoms with E-state index in [1.165, 1.54) is 35.6 Å². The van der Waals surface area contributed by atoms with Gasteiger partial charge in [0.1, 0.15) is 7.05 Å². The standard InChI is InChI=1S/C49H56N4O9S3/c1-48(2)38-32-37(65(59,60)61)23-25-40(38)51(6)42(48)26-20-33-15-14-16-34(47(33)63-35-17-10-8-11-18-35)21-27-43-49(3,30-13-9-12-19-46(56)62-53-44(54)28-29-45(53)55)39-31-36(64(57,58)50(4)5)22-24-41(39)52(43)7/h8,10-11,17-18,20-27,31-32H,9,12-16,19,28-30H2,1-7H3/p+1. The Balaban J connectivity index is 1.22. The van der Waals surface area contributed by atoms with Gasteiger partial charge in [-0.1, -0.05) is 55.0 Å². The highest BCUT2D eigenvalue weighted by Gasteiger charge is 2.45. The molecule has 0 bridgehead atoms. The molecule has 3 aliphatic heterocycles. The zero-order valence-corrected chi connectivity index (χ0v) is 40.4. The fraction of sp³-hybridized carbons (Fsp3) is 0.388. The first-order valence-electron chi connectivity index (χ1n) is 21.8. The van der Waals surface area contributed by atoms with Gasteiger partial charge in [-0.3, -0.25) is 14.1 Å². The maximum atomic E-state index is 13.4. The molecule has 65 heavy (non-hydrogen) atoms. The van der Waals surface area contributed by atoms with Crippen molar-refractivity contribution in [3.8, 4) is 0 Å². The summed E-state index contributed by atoms with van der Waals surface area (Å²) in [7, 11) is -1.10. The van der Waals surface area contributed by atoms with Gasteiger partial charge < -0.3 is 9.74 Å². The number of likely N-dealkylation sites (N-methyl/N-ethyl adjacent to an activating group) is 1. The number of hydrogen-bond donors (Lipinski definition) is 1. The molecule has 1 saturated heterocycles. The molecule has 3 aromatic carbocycles. The SMILES string of the molecule is CN1/C(=C\C=C2/CCCC(/C=C/C3=[N+](C)c4ccc(S(=O)(=O)O)cc4C3(C)C)=C2Sc2ccccc2)C(C)(CCCCCC(=O)ON2C(=O)CCC2=O)c2cc(S(=O)(=O)N(C)C)ccc21. The largest absolute Gasteiger partial charge is 0.347 e. The zero-order valence-electron chi connectivity index (χ0n) is 38.0. The van der Waals surface area contributed by atoms with Crippen LogP contribution in [0.1, 0.15) is 96.1 Å². The van der Waals surface area contributed by atoms with Crippen LogP contribution < -0.4 is 4.90 Å². The van der Waals surface area contributed by atoms with Crippen molar-refractivity contribution >= 4 is 66.8 Å². The number of fused-ring (bicyclic) bond motifs is 2. The summed E-state index contributed by atoms with van der Waals surface area (Å²) in [5, 5.41) is 0.573. The summed E-state index contributed by atoms with van der Waals surface area (Å²) in [6.07, 6.45) is 13.9. The molecule has 2 amide bonds. The van der Waals surface area contributed by atoms with Crippen LogP contribution in [0.3, 0.4) is 0 Å². The second-order valence-electron chi connectivity index (χ2n) is 17.9. The number of anilines is 1. The van der Waals surface area contributed by atoms with E-state index in [0.29, 0.717) is 30.7 Å². The first-order valence-corrected chi connectivity index (χ1v) is 25.5. The van der Waals surface area contributed by atoms with Crippen molar-refractivity contribution < 1.29 is 45.2 Å². The quantitative estimate of drug-likeness (QED) is 0.0671. The van der Waals surface area contributed by atoms with E-state index in [0.717, 1.165) is 63.0 Å². The molecule has 344 valence electrons. The molecule has 1 atom stereocenters. The van der Waals surface area contributed by atoms with Crippen molar-refractivity contribution in [2.45, 2.75) is 110 Å². The molecule has 4 aliphatic rings. The van der Waals surface area contributed by atoms with Crippen molar-refractivity contribution in [2.24, 2.45) is 0 Å². The van der Waals surface area contributed by atoms with Gasteiger partial charge in [0.05, 0.1) is 15.2 Å². The summed E-state index contributed by atoms with van der Waals surface area (Å²) in [4.78, 5) is 46.0. The predicted octanol–water partition coefficient (Wildman–Crippen LogP) is 8.75. The van der Waals surface area contributed by atoms with Crippen LogP contribution in [0.2, 0.25) is 0 Å². The van der Waals surface area contributed by atoms with Crippen LogP contribution in [0.25, 0.3) is 0 Å². The maximum absolute atomic E-state index is 13.4. The van der Waals surface area contributed by atoms with Gasteiger partial charge in [0.15, 0.2) is 5.71 Å². The van der Waals surface area contributed by atoms with Gasteiger partial charge in [-0.05, 0) is 118 Å². The highest BCUT2D eigenvalue weighted by atomic mass is 32.2. The summed E-state index contributed by atoms with van der Waals surface area (Å²) in [5.41, 5.74) is 6.64. The Morgan fingerprint density at radius 1 is 0.862 bits per heavy atom. The number of benzene rings is 3. The van der Waals surface area contributed by atoms with Gasteiger partial charge in [0, 0.05) is 84.7 Å². The first-order chi connectivity index (χ1) is 30.6. The first kappa shape index (κ1) is 47.8. The molecule has 1 N–H and O–H groups in total. The molecule has 0 radical (unpaired) electrons. The molecule has 0 spiro atoms. The Bertz CT molecular complexity index is 2810. The molecule has 0 aromatic heterocycles. The van der Waals surface area contributed by atoms with Gasteiger partial charge in [-0.15, -0.1) is 5.06 Å². The summed E-state index contributed by atoms with van der Waals surface area (Å²) >= 11 is 1.72. The molecule has 0 saturated carbocycles. The number of allylic oxidation sites excluding steroid dienone is 7. The molecule has 1 unspecified atom stereocenters. The van der Waals surface area contributed by atoms with Gasteiger partial charge in [0.25, 0.3) is 21.9 Å². The van der Waals surface area contributed by atoms with Gasteiger partial charge in [0.2, 0.25) is 15.7 Å². The van der Waals surface area contributed by atoms with Crippen LogP contribution >= 0.6 is 11.8 Å². The van der Waals surface area contributed by atoms with Crippen molar-refractivity contribution in [2.75, 3.05) is 33.1 Å². The van der Waals surface area contributed by atoms with Crippen molar-refractivity contribution in [3.05, 3.63) is 124 Å². The minimum Gasteiger partial charge on any atom is -0.347 e. The number of carbonyl (C=O) groups is 3. The van der Waals surface area contributed by atoms with E-state index in [2.05, 4.69) is 66.7 Å². The average Bonchev–Trinajstić information content (AvgIpc) is 3.76. The van der Waals surface area contributed by atoms with Crippen LogP contribution in [0.5, 0.6) is 0 Å². The molecule has 3 heterocycles. The van der Waals surface area contributed by atoms with Crippen LogP contribution in [-0.4, -0.2) is 87.0 Å². The number of nitrogens with zero attached hydrogens (tertiary/aromatic N) is 4. The summed E-state index contributed by atoms with van der Waals surface area (Å²) in [6, 6.07) is 20.3. The summed E-state index contributed by atoms with van der Waals surface area (Å²) in [6.45, 7) is 6.25. The molecular weight excluding hydrogens is 885 g/mol. The minimum absolute atomic E-state index is 0.0321. The van der Waals surface area contributed by atoms with E-state index < -0.39 is 48.8 Å². The number of hydroxylamine groups is 2. The second-order valence-corrected chi connectivity index (χ2v) is 22.5. The zero-order chi connectivity index (χ0) is 47.1. The van der Waals surface area contributed by atoms with Gasteiger partial charge >= 0.3 is 5.97 Å². The number of sulfonamides is 1. The van der Waals surface area contributed by atoms with E-state index in [1.54, 1.807) is 36.0 Å². The number of rotatable bonds is 15. The van der Waals surface area contributed by atoms with E-state index >= 15 is 0 Å². The molecule has 3 aromatic rings. The molecular formula is C49H57N4O9S3+. The lowest BCUT2D eigenvalue weighted by Gasteiger charge is -2.29. The van der Waals surface area contributed by atoms with Crippen LogP contribution in [0.4, 0.5) is 11.4 Å². The Labute approximate surface area is 387 Å². The molecule has 1 aliphatic carbocycles. The normalized spacial score (nSPS) is 21.2. The van der Waals surface area contributed by atoms with Gasteiger partial charge in [-0.2, -0.15) is 13.0 Å². The molecule has 16 heteroatoms. The monoisotopic (exact) mass is 941 g/mol. The smallest absolute Gasteiger partial charge is 0.333 e. The fourth-order valence-corrected chi connectivity index (χ4v) is 11.9. The van der Waals surface area contributed by atoms with E-state index in [9.17, 15) is 35.8 Å². The number of unbranched alkanes of at least 4 members (excludes halogenated alkanes) is 2. The highest BCUT2D eigenvalue weighted by molar-refractivity contribution is 8.03. The highest BCUT2D eigenvalue weighted by Crippen LogP contribution is 2.51. The third kappa shape index (κ3) is 9.59. The third-order valence-corrected chi connectivity index (χ3v) is 16.9. The van der Waals surface area contributed by atoms with Crippen molar-refractivity contribution in [3.63, 3.8) is 0 Å². The summed E-state index contributed by atoms with van der Waals surface area (Å²) in [5.74, 6) is -1.66. The Morgan fingerprint density at radius 3 is 2.22 bits per heavy atom. The molecule has 7 rings (SSSR count). The summed E-state index contributed by atoms with van der Waals surface area (Å²) < 4.78 is 64.1. The van der Waals surface area contributed by atoms with Gasteiger partial charge in [-0.25, -0.2) is 17.5 Å². The number of imide groups is 1. The number of carbonyl (C=O) groups excluding carboxylic acids is 3. The van der Waals surface area contributed by atoms with E-state index in [4.69, 9.17) is 4.84 Å². The molecule has 13 nitrogen and oxygen atoms in total. The third-order valence-electron chi connectivity index (χ3n) is 13.0. The topological polar surface area (TPSA) is 162 Å². The second kappa shape index (κ2) is 18.6. The maximum Gasteiger partial charge on any atom is 0.333 e. The van der Waals surface area contributed by atoms with Crippen molar-refractivity contribution in [1.82, 2.24) is 9.37 Å². The van der Waals surface area contributed by atoms with Crippen LogP contribution in [-0.2, 0) is 50.2 Å². The fourth-order valence-electron chi connectivity index (χ4n) is 9.34. The van der Waals surface area contributed by atoms with E-state index in [-0.39, 0.29) is 29.1 Å². The van der Waals surface area contributed by atoms with E-state index in [1.807, 2.05) is 38.4 Å². The van der Waals surface area contributed by atoms with Crippen LogP contribution in [0.15, 0.2) is 127 Å². The predicted molar refractivity (Wildman–Crippen MR) is 252 cm³/mol. The number of hydrogen-bond acceptors (Lipinski definition) is 10. The Morgan fingerprint density at radius 2 is 1.54 bits per heavy atom. The van der Waals surface area contributed by atoms with Crippen molar-refractivity contribution in [1.29, 1.82) is 0 Å². The lowest BCUT2D eigenvalue weighted by molar-refractivity contribution is -0.401. The lowest BCUT2D eigenvalue weighted by Crippen LogP contribution is -2.31. The minimum atomic E-state index is -4.38. The number of amides is 2.